The van der Waals surface area contributed by atoms with E-state index in [-0.39, 0.29) is 17.7 Å². The number of halogens is 3. The molecule has 0 spiro atoms. The first-order chi connectivity index (χ1) is 21.3. The van der Waals surface area contributed by atoms with Crippen LogP contribution in [-0.2, 0) is 6.54 Å². The van der Waals surface area contributed by atoms with Crippen molar-refractivity contribution in [2.75, 3.05) is 26.2 Å². The number of carbonyl (C=O) groups excluding carboxylic acids is 1. The predicted octanol–water partition coefficient (Wildman–Crippen LogP) is 5.79. The number of rotatable bonds is 8. The second kappa shape index (κ2) is 11.7. The Hall–Kier alpha value is -4.19. The summed E-state index contributed by atoms with van der Waals surface area (Å²) >= 11 is 0. The topological polar surface area (TPSA) is 81.3 Å². The van der Waals surface area contributed by atoms with E-state index in [1.165, 1.54) is 25.0 Å². The lowest BCUT2D eigenvalue weighted by Crippen LogP contribution is -2.46. The standard InChI is InChI=1S/C32H34F3N7O2/c33-32(34,35)44-26-12-8-23(9-13-26)30-37-27(29-36-21-41(38-29)20-22-6-2-1-3-7-22)28(42(30)25-10-11-25)31(43)40-18-14-24(15-19-40)39-16-4-5-17-39/h1-3,6-9,12-13,21,24-25H,4-5,10-11,14-20H2. The van der Waals surface area contributed by atoms with Crippen LogP contribution in [0.5, 0.6) is 5.75 Å². The summed E-state index contributed by atoms with van der Waals surface area (Å²) in [6.07, 6.45) is 2.94. The van der Waals surface area contributed by atoms with E-state index in [1.54, 1.807) is 23.1 Å². The summed E-state index contributed by atoms with van der Waals surface area (Å²) in [5.74, 6) is 0.427. The number of benzene rings is 2. The molecule has 2 aliphatic heterocycles. The van der Waals surface area contributed by atoms with Crippen LogP contribution in [0.15, 0.2) is 60.9 Å². The van der Waals surface area contributed by atoms with Crippen LogP contribution in [-0.4, -0.2) is 78.6 Å². The van der Waals surface area contributed by atoms with Crippen molar-refractivity contribution in [2.24, 2.45) is 0 Å². The third kappa shape index (κ3) is 6.08. The van der Waals surface area contributed by atoms with Crippen molar-refractivity contribution in [3.63, 3.8) is 0 Å². The molecule has 1 amide bonds. The van der Waals surface area contributed by atoms with Crippen LogP contribution in [0.1, 0.15) is 60.6 Å². The van der Waals surface area contributed by atoms with Gasteiger partial charge in [0, 0.05) is 30.7 Å². The Labute approximate surface area is 253 Å². The lowest BCUT2D eigenvalue weighted by molar-refractivity contribution is -0.274. The number of hydrogen-bond donors (Lipinski definition) is 0. The lowest BCUT2D eigenvalue weighted by Gasteiger charge is -2.36. The summed E-state index contributed by atoms with van der Waals surface area (Å²) in [6.45, 7) is 4.08. The summed E-state index contributed by atoms with van der Waals surface area (Å²) in [7, 11) is 0. The molecule has 4 heterocycles. The molecule has 9 nitrogen and oxygen atoms in total. The third-order valence-corrected chi connectivity index (χ3v) is 8.72. The summed E-state index contributed by atoms with van der Waals surface area (Å²) in [5.41, 5.74) is 2.48. The van der Waals surface area contributed by atoms with Gasteiger partial charge in [0.1, 0.15) is 29.3 Å². The Balaban J connectivity index is 1.24. The van der Waals surface area contributed by atoms with E-state index in [4.69, 9.17) is 10.1 Å². The zero-order chi connectivity index (χ0) is 30.3. The van der Waals surface area contributed by atoms with E-state index < -0.39 is 6.36 Å². The van der Waals surface area contributed by atoms with Crippen molar-refractivity contribution in [2.45, 2.75) is 63.5 Å². The van der Waals surface area contributed by atoms with Gasteiger partial charge in [-0.15, -0.1) is 18.3 Å². The molecule has 1 aliphatic carbocycles. The molecule has 2 aromatic carbocycles. The van der Waals surface area contributed by atoms with E-state index in [0.717, 1.165) is 44.3 Å². The van der Waals surface area contributed by atoms with E-state index in [9.17, 15) is 18.0 Å². The van der Waals surface area contributed by atoms with Crippen LogP contribution in [0.4, 0.5) is 13.2 Å². The highest BCUT2D eigenvalue weighted by Gasteiger charge is 2.38. The fourth-order valence-electron chi connectivity index (χ4n) is 6.43. The van der Waals surface area contributed by atoms with Gasteiger partial charge >= 0.3 is 6.36 Å². The first-order valence-electron chi connectivity index (χ1n) is 15.3. The summed E-state index contributed by atoms with van der Waals surface area (Å²) < 4.78 is 46.2. The number of piperidine rings is 1. The predicted molar refractivity (Wildman–Crippen MR) is 157 cm³/mol. The monoisotopic (exact) mass is 605 g/mol. The Morgan fingerprint density at radius 1 is 0.886 bits per heavy atom. The maximum Gasteiger partial charge on any atom is 0.573 e. The minimum absolute atomic E-state index is 0.0600. The molecular weight excluding hydrogens is 571 g/mol. The molecule has 230 valence electrons. The first-order valence-corrected chi connectivity index (χ1v) is 15.3. The van der Waals surface area contributed by atoms with E-state index in [0.29, 0.717) is 54.3 Å². The molecule has 0 radical (unpaired) electrons. The van der Waals surface area contributed by atoms with Gasteiger partial charge in [-0.3, -0.25) is 4.79 Å². The van der Waals surface area contributed by atoms with Crippen molar-refractivity contribution < 1.29 is 22.7 Å². The highest BCUT2D eigenvalue weighted by atomic mass is 19.4. The first kappa shape index (κ1) is 28.6. The number of likely N-dealkylation sites (tertiary alicyclic amines) is 2. The number of hydrogen-bond acceptors (Lipinski definition) is 6. The van der Waals surface area contributed by atoms with Crippen molar-refractivity contribution in [1.82, 2.24) is 34.1 Å². The van der Waals surface area contributed by atoms with Gasteiger partial charge in [-0.1, -0.05) is 30.3 Å². The van der Waals surface area contributed by atoms with Crippen molar-refractivity contribution in [1.29, 1.82) is 0 Å². The summed E-state index contributed by atoms with van der Waals surface area (Å²) in [4.78, 5) is 28.3. The van der Waals surface area contributed by atoms with E-state index in [1.807, 2.05) is 39.8 Å². The Kier molecular flexibility index (Phi) is 7.61. The number of imidazole rings is 1. The molecule has 3 fully saturated rings. The highest BCUT2D eigenvalue weighted by molar-refractivity contribution is 5.99. The molecule has 0 bridgehead atoms. The Morgan fingerprint density at radius 2 is 1.59 bits per heavy atom. The second-order valence-corrected chi connectivity index (χ2v) is 11.8. The van der Waals surface area contributed by atoms with Crippen LogP contribution in [0.2, 0.25) is 0 Å². The number of carbonyl (C=O) groups is 1. The minimum Gasteiger partial charge on any atom is -0.406 e. The van der Waals surface area contributed by atoms with E-state index in [2.05, 4.69) is 14.6 Å². The Morgan fingerprint density at radius 3 is 2.25 bits per heavy atom. The number of ether oxygens (including phenoxy) is 1. The number of alkyl halides is 3. The number of aromatic nitrogens is 5. The van der Waals surface area contributed by atoms with Crippen LogP contribution in [0.25, 0.3) is 22.9 Å². The number of nitrogens with zero attached hydrogens (tertiary/aromatic N) is 7. The molecule has 4 aromatic rings. The number of amides is 1. The van der Waals surface area contributed by atoms with Crippen LogP contribution >= 0.6 is 0 Å². The Bertz CT molecular complexity index is 1600. The molecule has 1 saturated carbocycles. The molecule has 7 rings (SSSR count). The van der Waals surface area contributed by atoms with Crippen LogP contribution in [0.3, 0.4) is 0 Å². The van der Waals surface area contributed by atoms with Gasteiger partial charge in [-0.2, -0.15) is 0 Å². The normalized spacial score (nSPS) is 18.2. The summed E-state index contributed by atoms with van der Waals surface area (Å²) in [6, 6.07) is 16.1. The molecule has 2 aromatic heterocycles. The molecule has 2 saturated heterocycles. The van der Waals surface area contributed by atoms with Gasteiger partial charge in [-0.05, 0) is 81.4 Å². The van der Waals surface area contributed by atoms with Gasteiger partial charge in [0.2, 0.25) is 5.82 Å². The molecule has 44 heavy (non-hydrogen) atoms. The minimum atomic E-state index is -4.78. The van der Waals surface area contributed by atoms with Crippen LogP contribution < -0.4 is 4.74 Å². The molecule has 0 atom stereocenters. The largest absolute Gasteiger partial charge is 0.573 e. The highest BCUT2D eigenvalue weighted by Crippen LogP contribution is 2.43. The van der Waals surface area contributed by atoms with Gasteiger partial charge in [0.05, 0.1) is 6.54 Å². The molecule has 0 N–H and O–H groups in total. The fraction of sp³-hybridized carbons (Fsp3) is 0.438. The zero-order valence-electron chi connectivity index (χ0n) is 24.3. The average Bonchev–Trinajstić information content (AvgIpc) is 3.37. The zero-order valence-corrected chi connectivity index (χ0v) is 24.3. The van der Waals surface area contributed by atoms with Crippen LogP contribution in [0, 0.1) is 0 Å². The molecule has 3 aliphatic rings. The lowest BCUT2D eigenvalue weighted by atomic mass is 10.0. The van der Waals surface area contributed by atoms with Crippen molar-refractivity contribution in [3.05, 3.63) is 72.2 Å². The van der Waals surface area contributed by atoms with Gasteiger partial charge in [0.25, 0.3) is 5.91 Å². The average molecular weight is 606 g/mol. The molecule has 0 unspecified atom stereocenters. The molecular formula is C32H34F3N7O2. The smallest absolute Gasteiger partial charge is 0.406 e. The SMILES string of the molecule is O=C(c1c(-c2ncn(Cc3ccccc3)n2)nc(-c2ccc(OC(F)(F)F)cc2)n1C1CC1)N1CCC(N2CCCC2)CC1. The second-order valence-electron chi connectivity index (χ2n) is 11.8. The maximum absolute atomic E-state index is 14.4. The quantitative estimate of drug-likeness (QED) is 0.253. The van der Waals surface area contributed by atoms with Crippen molar-refractivity contribution in [3.8, 4) is 28.7 Å². The molecule has 12 heteroatoms. The van der Waals surface area contributed by atoms with Gasteiger partial charge in [-0.25, -0.2) is 14.6 Å². The third-order valence-electron chi connectivity index (χ3n) is 8.72. The van der Waals surface area contributed by atoms with Crippen molar-refractivity contribution >= 4 is 5.91 Å². The summed E-state index contributed by atoms with van der Waals surface area (Å²) in [5, 5.41) is 4.72. The van der Waals surface area contributed by atoms with Gasteiger partial charge in [0.15, 0.2) is 0 Å². The van der Waals surface area contributed by atoms with E-state index >= 15 is 0 Å². The van der Waals surface area contributed by atoms with Gasteiger partial charge < -0.3 is 19.1 Å². The maximum atomic E-state index is 14.4. The fourth-order valence-corrected chi connectivity index (χ4v) is 6.43.